The van der Waals surface area contributed by atoms with Gasteiger partial charge < -0.3 is 0 Å². The number of nitriles is 1. The summed E-state index contributed by atoms with van der Waals surface area (Å²) < 4.78 is 0. The van der Waals surface area contributed by atoms with Gasteiger partial charge in [0.15, 0.2) is 0 Å². The van der Waals surface area contributed by atoms with Gasteiger partial charge in [0.2, 0.25) is 0 Å². The van der Waals surface area contributed by atoms with Gasteiger partial charge in [-0.2, -0.15) is 5.26 Å². The first kappa shape index (κ1) is 12.4. The van der Waals surface area contributed by atoms with Gasteiger partial charge in [-0.25, -0.2) is 0 Å². The van der Waals surface area contributed by atoms with Crippen LogP contribution in [0.25, 0.3) is 5.57 Å². The van der Waals surface area contributed by atoms with Crippen molar-refractivity contribution in [2.24, 2.45) is 0 Å². The molecule has 0 spiro atoms. The number of benzene rings is 1. The van der Waals surface area contributed by atoms with Crippen LogP contribution in [0.5, 0.6) is 0 Å². The molecule has 4 heteroatoms. The molecule has 1 aliphatic heterocycles. The van der Waals surface area contributed by atoms with Crippen LogP contribution in [0.1, 0.15) is 5.56 Å². The Bertz CT molecular complexity index is 619. The second kappa shape index (κ2) is 5.08. The predicted octanol–water partition coefficient (Wildman–Crippen LogP) is 2.34. The van der Waals surface area contributed by atoms with E-state index in [1.807, 2.05) is 24.3 Å². The van der Waals surface area contributed by atoms with Gasteiger partial charge in [-0.1, -0.05) is 40.0 Å². The summed E-state index contributed by atoms with van der Waals surface area (Å²) in [5.74, 6) is 2.26. The number of alkyl halides is 1. The molecule has 3 nitrogen and oxygen atoms in total. The molecule has 2 rings (SSSR count). The van der Waals surface area contributed by atoms with Gasteiger partial charge in [-0.15, -0.1) is 6.42 Å². The third-order valence-corrected chi connectivity index (χ3v) is 3.30. The van der Waals surface area contributed by atoms with Crippen LogP contribution in [0, 0.1) is 23.7 Å². The van der Waals surface area contributed by atoms with Crippen molar-refractivity contribution in [1.29, 1.82) is 5.26 Å². The van der Waals surface area contributed by atoms with Gasteiger partial charge in [0.1, 0.15) is 0 Å². The largest absolute Gasteiger partial charge is 0.296 e. The van der Waals surface area contributed by atoms with Crippen LogP contribution in [-0.4, -0.2) is 17.8 Å². The Morgan fingerprint density at radius 2 is 2.17 bits per heavy atom. The number of para-hydroxylation sites is 1. The molecule has 0 fully saturated rings. The van der Waals surface area contributed by atoms with Gasteiger partial charge in [0.05, 0.1) is 29.4 Å². The molecule has 0 aliphatic carbocycles. The maximum absolute atomic E-state index is 12.3. The van der Waals surface area contributed by atoms with E-state index in [0.29, 0.717) is 16.5 Å². The Kier molecular flexibility index (Phi) is 3.50. The minimum atomic E-state index is -0.204. The SMILES string of the molecule is C#CCN1C(=O)/C(=C(\C#N)CBr)c2ccccc21. The average molecular weight is 301 g/mol. The van der Waals surface area contributed by atoms with Gasteiger partial charge >= 0.3 is 0 Å². The smallest absolute Gasteiger partial charge is 0.260 e. The van der Waals surface area contributed by atoms with E-state index in [1.165, 1.54) is 4.90 Å². The summed E-state index contributed by atoms with van der Waals surface area (Å²) in [5, 5.41) is 9.45. The highest BCUT2D eigenvalue weighted by atomic mass is 79.9. The van der Waals surface area contributed by atoms with Gasteiger partial charge in [0, 0.05) is 10.9 Å². The van der Waals surface area contributed by atoms with Crippen molar-refractivity contribution < 1.29 is 4.79 Å². The molecule has 0 atom stereocenters. The van der Waals surface area contributed by atoms with E-state index < -0.39 is 0 Å². The summed E-state index contributed by atoms with van der Waals surface area (Å²) in [7, 11) is 0. The van der Waals surface area contributed by atoms with E-state index in [0.717, 1.165) is 11.3 Å². The number of allylic oxidation sites excluding steroid dienone is 1. The van der Waals surface area contributed by atoms with Crippen molar-refractivity contribution in [2.45, 2.75) is 0 Å². The lowest BCUT2D eigenvalue weighted by Crippen LogP contribution is -2.26. The lowest BCUT2D eigenvalue weighted by atomic mass is 10.0. The molecular formula is C14H9BrN2O. The van der Waals surface area contributed by atoms with Crippen molar-refractivity contribution in [2.75, 3.05) is 16.8 Å². The number of nitrogens with zero attached hydrogens (tertiary/aromatic N) is 2. The monoisotopic (exact) mass is 300 g/mol. The zero-order chi connectivity index (χ0) is 13.1. The molecule has 0 saturated heterocycles. The molecule has 0 N–H and O–H groups in total. The Balaban J connectivity index is 2.67. The molecule has 1 aromatic rings. The summed E-state index contributed by atoms with van der Waals surface area (Å²) in [6.45, 7) is 0.209. The predicted molar refractivity (Wildman–Crippen MR) is 74.0 cm³/mol. The van der Waals surface area contributed by atoms with Crippen molar-refractivity contribution in [3.8, 4) is 18.4 Å². The van der Waals surface area contributed by atoms with Crippen molar-refractivity contribution in [3.05, 3.63) is 35.4 Å². The Morgan fingerprint density at radius 1 is 1.44 bits per heavy atom. The number of amides is 1. The molecule has 88 valence electrons. The van der Waals surface area contributed by atoms with E-state index in [-0.39, 0.29) is 12.5 Å². The third kappa shape index (κ3) is 1.81. The number of fused-ring (bicyclic) bond motifs is 1. The van der Waals surface area contributed by atoms with Crippen LogP contribution in [-0.2, 0) is 4.79 Å². The van der Waals surface area contributed by atoms with E-state index in [4.69, 9.17) is 11.7 Å². The lowest BCUT2D eigenvalue weighted by molar-refractivity contribution is -0.112. The van der Waals surface area contributed by atoms with Crippen molar-refractivity contribution in [1.82, 2.24) is 0 Å². The summed E-state index contributed by atoms with van der Waals surface area (Å²) in [4.78, 5) is 13.8. The highest BCUT2D eigenvalue weighted by Gasteiger charge is 2.33. The summed E-state index contributed by atoms with van der Waals surface area (Å²) >= 11 is 3.23. The number of carbonyl (C=O) groups is 1. The van der Waals surface area contributed by atoms with Gasteiger partial charge in [0.25, 0.3) is 5.91 Å². The quantitative estimate of drug-likeness (QED) is 0.364. The summed E-state index contributed by atoms with van der Waals surface area (Å²) in [6.07, 6.45) is 5.28. The number of rotatable bonds is 2. The van der Waals surface area contributed by atoms with E-state index in [9.17, 15) is 4.79 Å². The maximum Gasteiger partial charge on any atom is 0.260 e. The lowest BCUT2D eigenvalue weighted by Gasteiger charge is -2.12. The fourth-order valence-corrected chi connectivity index (χ4v) is 2.38. The Labute approximate surface area is 114 Å². The summed E-state index contributed by atoms with van der Waals surface area (Å²) in [6, 6.07) is 9.42. The van der Waals surface area contributed by atoms with Crippen molar-refractivity contribution in [3.63, 3.8) is 0 Å². The average Bonchev–Trinajstić information content (AvgIpc) is 2.67. The van der Waals surface area contributed by atoms with Crippen LogP contribution in [0.2, 0.25) is 0 Å². The number of carbonyl (C=O) groups excluding carboxylic acids is 1. The molecule has 1 aliphatic rings. The standard InChI is InChI=1S/C14H9BrN2O/c1-2-7-17-12-6-4-3-5-11(12)13(14(17)18)10(8-15)9-16/h1,3-6H,7-8H2/b13-10-. The molecular weight excluding hydrogens is 292 g/mol. The molecule has 0 aromatic heterocycles. The van der Waals surface area contributed by atoms with Crippen LogP contribution >= 0.6 is 15.9 Å². The molecule has 1 heterocycles. The molecule has 0 bridgehead atoms. The molecule has 0 unspecified atom stereocenters. The first-order chi connectivity index (χ1) is 8.74. The van der Waals surface area contributed by atoms with Gasteiger partial charge in [-0.3, -0.25) is 9.69 Å². The highest BCUT2D eigenvalue weighted by Crippen LogP contribution is 2.38. The Morgan fingerprint density at radius 3 is 2.78 bits per heavy atom. The van der Waals surface area contributed by atoms with Gasteiger partial charge in [-0.05, 0) is 6.07 Å². The number of terminal acetylenes is 1. The second-order valence-corrected chi connectivity index (χ2v) is 4.27. The van der Waals surface area contributed by atoms with Crippen LogP contribution < -0.4 is 4.90 Å². The van der Waals surface area contributed by atoms with E-state index >= 15 is 0 Å². The zero-order valence-electron chi connectivity index (χ0n) is 9.48. The fraction of sp³-hybridized carbons (Fsp3) is 0.143. The van der Waals surface area contributed by atoms with Crippen molar-refractivity contribution >= 4 is 33.1 Å². The first-order valence-corrected chi connectivity index (χ1v) is 6.40. The Hall–Kier alpha value is -2.04. The first-order valence-electron chi connectivity index (χ1n) is 5.28. The molecule has 18 heavy (non-hydrogen) atoms. The molecule has 0 radical (unpaired) electrons. The van der Waals surface area contributed by atoms with Crippen LogP contribution in [0.4, 0.5) is 5.69 Å². The minimum Gasteiger partial charge on any atom is -0.296 e. The zero-order valence-corrected chi connectivity index (χ0v) is 11.1. The molecule has 0 saturated carbocycles. The topological polar surface area (TPSA) is 44.1 Å². The second-order valence-electron chi connectivity index (χ2n) is 3.71. The van der Waals surface area contributed by atoms with E-state index in [2.05, 4.69) is 27.9 Å². The third-order valence-electron chi connectivity index (χ3n) is 2.74. The number of halogens is 1. The van der Waals surface area contributed by atoms with Crippen LogP contribution in [0.15, 0.2) is 29.8 Å². The normalized spacial score (nSPS) is 15.9. The fourth-order valence-electron chi connectivity index (χ4n) is 1.97. The highest BCUT2D eigenvalue weighted by molar-refractivity contribution is 9.09. The number of anilines is 1. The van der Waals surface area contributed by atoms with Crippen LogP contribution in [0.3, 0.4) is 0 Å². The summed E-state index contributed by atoms with van der Waals surface area (Å²) in [5.41, 5.74) is 2.41. The molecule has 1 aromatic carbocycles. The number of hydrogen-bond donors (Lipinski definition) is 0. The molecule has 1 amide bonds. The maximum atomic E-state index is 12.3. The number of hydrogen-bond acceptors (Lipinski definition) is 2. The minimum absolute atomic E-state index is 0.204. The van der Waals surface area contributed by atoms with E-state index in [1.54, 1.807) is 0 Å².